The number of hydrogen-bond donors (Lipinski definition) is 0. The van der Waals surface area contributed by atoms with Crippen molar-refractivity contribution in [1.82, 2.24) is 9.80 Å². The van der Waals surface area contributed by atoms with Gasteiger partial charge in [0.25, 0.3) is 0 Å². The summed E-state index contributed by atoms with van der Waals surface area (Å²) in [4.78, 5) is 19.5. The molecule has 2 heterocycles. The van der Waals surface area contributed by atoms with Crippen LogP contribution in [0.2, 0.25) is 0 Å². The van der Waals surface area contributed by atoms with E-state index in [2.05, 4.69) is 21.9 Å². The highest BCUT2D eigenvalue weighted by Crippen LogP contribution is 2.32. The van der Waals surface area contributed by atoms with E-state index in [4.69, 9.17) is 4.74 Å². The van der Waals surface area contributed by atoms with Gasteiger partial charge in [0, 0.05) is 50.9 Å². The number of benzene rings is 2. The fraction of sp³-hybridized carbons (Fsp3) is 0.480. The largest absolute Gasteiger partial charge is 0.494 e. The average molecular weight is 426 g/mol. The lowest BCUT2D eigenvalue weighted by molar-refractivity contribution is -0.131. The molecular weight excluding hydrogens is 393 g/mol. The quantitative estimate of drug-likeness (QED) is 0.669. The Kier molecular flexibility index (Phi) is 7.07. The lowest BCUT2D eigenvalue weighted by Crippen LogP contribution is -2.49. The van der Waals surface area contributed by atoms with Crippen LogP contribution >= 0.6 is 0 Å². The number of piperazine rings is 1. The number of hydrogen-bond acceptors (Lipinski definition) is 4. The molecule has 0 aromatic heterocycles. The van der Waals surface area contributed by atoms with Crippen LogP contribution in [0, 0.1) is 5.82 Å². The molecule has 0 spiro atoms. The summed E-state index contributed by atoms with van der Waals surface area (Å²) in [5, 5.41) is 0. The molecule has 2 saturated heterocycles. The van der Waals surface area contributed by atoms with Crippen LogP contribution < -0.4 is 9.64 Å². The minimum atomic E-state index is -0.219. The first kappa shape index (κ1) is 21.6. The Labute approximate surface area is 184 Å². The first-order chi connectivity index (χ1) is 15.1. The molecule has 2 aromatic carbocycles. The van der Waals surface area contributed by atoms with Crippen molar-refractivity contribution in [2.24, 2.45) is 0 Å². The molecule has 31 heavy (non-hydrogen) atoms. The second-order valence-electron chi connectivity index (χ2n) is 8.29. The lowest BCUT2D eigenvalue weighted by Gasteiger charge is -2.36. The van der Waals surface area contributed by atoms with Crippen molar-refractivity contribution in [3.05, 3.63) is 59.9 Å². The third-order valence-corrected chi connectivity index (χ3v) is 6.38. The Bertz CT molecular complexity index is 848. The Balaban J connectivity index is 1.26. The van der Waals surface area contributed by atoms with Crippen molar-refractivity contribution in [3.8, 4) is 5.75 Å². The maximum atomic E-state index is 13.1. The molecule has 2 aromatic rings. The van der Waals surface area contributed by atoms with Crippen molar-refractivity contribution >= 4 is 11.6 Å². The lowest BCUT2D eigenvalue weighted by atomic mass is 10.0. The molecule has 1 atom stereocenters. The van der Waals surface area contributed by atoms with Crippen molar-refractivity contribution in [3.63, 3.8) is 0 Å². The summed E-state index contributed by atoms with van der Waals surface area (Å²) in [7, 11) is 0. The van der Waals surface area contributed by atoms with Crippen LogP contribution in [0.4, 0.5) is 10.1 Å². The summed E-state index contributed by atoms with van der Waals surface area (Å²) in [6.07, 6.45) is 2.87. The smallest absolute Gasteiger partial charge is 0.223 e. The van der Waals surface area contributed by atoms with E-state index in [1.807, 2.05) is 24.0 Å². The Morgan fingerprint density at radius 1 is 1.00 bits per heavy atom. The predicted octanol–water partition coefficient (Wildman–Crippen LogP) is 4.10. The molecule has 1 unspecified atom stereocenters. The van der Waals surface area contributed by atoms with Crippen LogP contribution in [0.15, 0.2) is 48.5 Å². The standard InChI is InChI=1S/C25H32FN3O2/c1-2-31-23-11-5-20(6-12-23)24-4-3-14-28(24)15-13-25(30)29-18-16-27(17-19-29)22-9-7-21(26)8-10-22/h5-12,24H,2-4,13-19H2,1H3. The Hall–Kier alpha value is -2.60. The maximum absolute atomic E-state index is 13.1. The summed E-state index contributed by atoms with van der Waals surface area (Å²) < 4.78 is 18.7. The van der Waals surface area contributed by atoms with E-state index in [0.717, 1.165) is 57.1 Å². The highest BCUT2D eigenvalue weighted by molar-refractivity contribution is 5.76. The number of amides is 1. The second kappa shape index (κ2) is 10.1. The Morgan fingerprint density at radius 2 is 1.71 bits per heavy atom. The zero-order valence-electron chi connectivity index (χ0n) is 18.3. The van der Waals surface area contributed by atoms with Crippen molar-refractivity contribution in [2.45, 2.75) is 32.2 Å². The number of carbonyl (C=O) groups excluding carboxylic acids is 1. The zero-order chi connectivity index (χ0) is 21.6. The SMILES string of the molecule is CCOc1ccc(C2CCCN2CCC(=O)N2CCN(c3ccc(F)cc3)CC2)cc1. The highest BCUT2D eigenvalue weighted by Gasteiger charge is 2.27. The third-order valence-electron chi connectivity index (χ3n) is 6.38. The maximum Gasteiger partial charge on any atom is 0.223 e. The molecule has 2 aliphatic rings. The van der Waals surface area contributed by atoms with Gasteiger partial charge >= 0.3 is 0 Å². The molecule has 0 aliphatic carbocycles. The highest BCUT2D eigenvalue weighted by atomic mass is 19.1. The Morgan fingerprint density at radius 3 is 2.39 bits per heavy atom. The molecule has 0 saturated carbocycles. The number of carbonyl (C=O) groups is 1. The topological polar surface area (TPSA) is 36.0 Å². The van der Waals surface area contributed by atoms with Gasteiger partial charge in [-0.15, -0.1) is 0 Å². The monoisotopic (exact) mass is 425 g/mol. The van der Waals surface area contributed by atoms with Crippen LogP contribution in [0.3, 0.4) is 0 Å². The number of anilines is 1. The fourth-order valence-corrected chi connectivity index (χ4v) is 4.69. The summed E-state index contributed by atoms with van der Waals surface area (Å²) >= 11 is 0. The normalized spacial score (nSPS) is 19.6. The van der Waals surface area contributed by atoms with Crippen LogP contribution in [0.5, 0.6) is 5.75 Å². The average Bonchev–Trinajstić information content (AvgIpc) is 3.27. The van der Waals surface area contributed by atoms with Crippen molar-refractivity contribution < 1.29 is 13.9 Å². The predicted molar refractivity (Wildman–Crippen MR) is 121 cm³/mol. The van der Waals surface area contributed by atoms with E-state index < -0.39 is 0 Å². The van der Waals surface area contributed by atoms with Gasteiger partial charge in [-0.05, 0) is 68.3 Å². The van der Waals surface area contributed by atoms with Gasteiger partial charge in [-0.1, -0.05) is 12.1 Å². The van der Waals surface area contributed by atoms with Gasteiger partial charge in [0.2, 0.25) is 5.91 Å². The molecular formula is C25H32FN3O2. The molecule has 1 amide bonds. The van der Waals surface area contributed by atoms with E-state index in [1.54, 1.807) is 12.1 Å². The summed E-state index contributed by atoms with van der Waals surface area (Å²) in [5.74, 6) is 0.921. The number of ether oxygens (including phenoxy) is 1. The number of rotatable bonds is 7. The van der Waals surface area contributed by atoms with Crippen LogP contribution in [0.25, 0.3) is 0 Å². The van der Waals surface area contributed by atoms with E-state index in [9.17, 15) is 9.18 Å². The fourth-order valence-electron chi connectivity index (χ4n) is 4.69. The second-order valence-corrected chi connectivity index (χ2v) is 8.29. The van der Waals surface area contributed by atoms with Gasteiger partial charge in [0.05, 0.1) is 6.61 Å². The minimum absolute atomic E-state index is 0.219. The molecule has 4 rings (SSSR count). The summed E-state index contributed by atoms with van der Waals surface area (Å²) in [5.41, 5.74) is 2.32. The van der Waals surface area contributed by atoms with Gasteiger partial charge in [-0.25, -0.2) is 4.39 Å². The van der Waals surface area contributed by atoms with E-state index in [-0.39, 0.29) is 11.7 Å². The van der Waals surface area contributed by atoms with E-state index >= 15 is 0 Å². The molecule has 5 nitrogen and oxygen atoms in total. The summed E-state index contributed by atoms with van der Waals surface area (Å²) in [6.45, 7) is 7.53. The van der Waals surface area contributed by atoms with E-state index in [0.29, 0.717) is 19.1 Å². The van der Waals surface area contributed by atoms with Gasteiger partial charge < -0.3 is 14.5 Å². The molecule has 2 aliphatic heterocycles. The van der Waals surface area contributed by atoms with E-state index in [1.165, 1.54) is 24.1 Å². The first-order valence-corrected chi connectivity index (χ1v) is 11.4. The minimum Gasteiger partial charge on any atom is -0.494 e. The first-order valence-electron chi connectivity index (χ1n) is 11.4. The van der Waals surface area contributed by atoms with Crippen LogP contribution in [-0.4, -0.2) is 61.6 Å². The van der Waals surface area contributed by atoms with Crippen molar-refractivity contribution in [1.29, 1.82) is 0 Å². The molecule has 0 N–H and O–H groups in total. The van der Waals surface area contributed by atoms with Crippen LogP contribution in [-0.2, 0) is 4.79 Å². The number of halogens is 1. The molecule has 0 bridgehead atoms. The molecule has 2 fully saturated rings. The zero-order valence-corrected chi connectivity index (χ0v) is 18.3. The third kappa shape index (κ3) is 5.37. The van der Waals surface area contributed by atoms with Gasteiger partial charge in [0.1, 0.15) is 11.6 Å². The molecule has 6 heteroatoms. The molecule has 166 valence electrons. The van der Waals surface area contributed by atoms with Gasteiger partial charge in [0.15, 0.2) is 0 Å². The molecule has 0 radical (unpaired) electrons. The summed E-state index contributed by atoms with van der Waals surface area (Å²) in [6, 6.07) is 15.4. The van der Waals surface area contributed by atoms with Gasteiger partial charge in [-0.2, -0.15) is 0 Å². The number of nitrogens with zero attached hydrogens (tertiary/aromatic N) is 3. The van der Waals surface area contributed by atoms with Crippen molar-refractivity contribution in [2.75, 3.05) is 50.8 Å². The number of likely N-dealkylation sites (tertiary alicyclic amines) is 1. The van der Waals surface area contributed by atoms with Crippen LogP contribution in [0.1, 0.15) is 37.8 Å². The van der Waals surface area contributed by atoms with Gasteiger partial charge in [-0.3, -0.25) is 9.69 Å².